The van der Waals surface area contributed by atoms with Crippen LogP contribution in [0, 0.1) is 11.8 Å². The Kier molecular flexibility index (Phi) is 19.4. The van der Waals surface area contributed by atoms with Gasteiger partial charge in [0.1, 0.15) is 17.0 Å². The minimum absolute atomic E-state index is 0.0473. The smallest absolute Gasteiger partial charge is 0.412 e. The Balaban J connectivity index is 0.00000541. The SMILES string of the molecule is CC.CCC(C)CC(=O)NCCC[C@@H](CC1CCCCC1)NC(=O)C(NC(=O)/C(=C\c1ccccc1)NC(=O)OC(C)(C)C)=C(C)C. The van der Waals surface area contributed by atoms with Gasteiger partial charge in [-0.2, -0.15) is 0 Å². The molecule has 2 rings (SSSR count). The molecule has 1 fully saturated rings. The van der Waals surface area contributed by atoms with Gasteiger partial charge in [0.25, 0.3) is 11.8 Å². The largest absolute Gasteiger partial charge is 0.444 e. The zero-order chi connectivity index (χ0) is 35.4. The number of carbonyl (C=O) groups is 4. The summed E-state index contributed by atoms with van der Waals surface area (Å²) in [5, 5.41) is 11.5. The molecule has 4 amide bonds. The second-order valence-electron chi connectivity index (χ2n) is 13.5. The van der Waals surface area contributed by atoms with Crippen molar-refractivity contribution in [1.29, 1.82) is 0 Å². The molecule has 0 aliphatic heterocycles. The summed E-state index contributed by atoms with van der Waals surface area (Å²) < 4.78 is 5.38. The Hall–Kier alpha value is -3.62. The number of allylic oxidation sites excluding steroid dienone is 1. The molecule has 1 saturated carbocycles. The summed E-state index contributed by atoms with van der Waals surface area (Å²) in [7, 11) is 0. The average molecular weight is 655 g/mol. The van der Waals surface area contributed by atoms with Crippen molar-refractivity contribution < 1.29 is 23.9 Å². The third-order valence-electron chi connectivity index (χ3n) is 7.92. The lowest BCUT2D eigenvalue weighted by molar-refractivity contribution is -0.122. The van der Waals surface area contributed by atoms with E-state index in [4.69, 9.17) is 4.74 Å². The predicted octanol–water partition coefficient (Wildman–Crippen LogP) is 7.78. The van der Waals surface area contributed by atoms with E-state index in [2.05, 4.69) is 35.1 Å². The van der Waals surface area contributed by atoms with Crippen molar-refractivity contribution in [3.63, 3.8) is 0 Å². The molecule has 2 atom stereocenters. The van der Waals surface area contributed by atoms with E-state index in [1.165, 1.54) is 19.3 Å². The fraction of sp³-hybridized carbons (Fsp3) is 0.632. The number of carbonyl (C=O) groups excluding carboxylic acids is 4. The first-order chi connectivity index (χ1) is 22.3. The molecule has 264 valence electrons. The molecule has 0 bridgehead atoms. The first-order valence-corrected chi connectivity index (χ1v) is 17.6. The topological polar surface area (TPSA) is 126 Å². The summed E-state index contributed by atoms with van der Waals surface area (Å²) in [6.45, 7) is 17.5. The van der Waals surface area contributed by atoms with E-state index in [0.29, 0.717) is 35.9 Å². The van der Waals surface area contributed by atoms with Crippen LogP contribution < -0.4 is 21.3 Å². The normalized spacial score (nSPS) is 14.8. The number of alkyl carbamates (subject to hydrolysis) is 1. The molecule has 9 heteroatoms. The quantitative estimate of drug-likeness (QED) is 0.114. The third kappa shape index (κ3) is 17.8. The van der Waals surface area contributed by atoms with Crippen molar-refractivity contribution >= 4 is 29.9 Å². The Morgan fingerprint density at radius 1 is 0.957 bits per heavy atom. The second kappa shape index (κ2) is 22.0. The van der Waals surface area contributed by atoms with Crippen molar-refractivity contribution in [2.75, 3.05) is 6.54 Å². The zero-order valence-corrected chi connectivity index (χ0v) is 30.5. The van der Waals surface area contributed by atoms with Crippen LogP contribution in [0.15, 0.2) is 47.3 Å². The van der Waals surface area contributed by atoms with Gasteiger partial charge in [-0.05, 0) is 82.9 Å². The molecule has 0 saturated heterocycles. The lowest BCUT2D eigenvalue weighted by atomic mass is 9.84. The summed E-state index contributed by atoms with van der Waals surface area (Å²) in [5.41, 5.74) is 0.666. The van der Waals surface area contributed by atoms with E-state index in [-0.39, 0.29) is 29.3 Å². The molecule has 0 radical (unpaired) electrons. The zero-order valence-electron chi connectivity index (χ0n) is 30.5. The number of hydrogen-bond donors (Lipinski definition) is 4. The first kappa shape index (κ1) is 41.4. The van der Waals surface area contributed by atoms with Crippen molar-refractivity contribution in [2.45, 2.75) is 138 Å². The van der Waals surface area contributed by atoms with Gasteiger partial charge >= 0.3 is 6.09 Å². The summed E-state index contributed by atoms with van der Waals surface area (Å²) in [6.07, 6.45) is 10.5. The van der Waals surface area contributed by atoms with Gasteiger partial charge < -0.3 is 20.7 Å². The molecule has 0 aromatic heterocycles. The molecule has 1 aromatic carbocycles. The minimum Gasteiger partial charge on any atom is -0.444 e. The van der Waals surface area contributed by atoms with Crippen LogP contribution in [0.2, 0.25) is 0 Å². The van der Waals surface area contributed by atoms with Gasteiger partial charge in [-0.15, -0.1) is 0 Å². The number of nitrogens with one attached hydrogen (secondary N) is 4. The summed E-state index contributed by atoms with van der Waals surface area (Å²) >= 11 is 0. The Morgan fingerprint density at radius 2 is 1.60 bits per heavy atom. The maximum atomic E-state index is 13.7. The maximum absolute atomic E-state index is 13.7. The second-order valence-corrected chi connectivity index (χ2v) is 13.5. The van der Waals surface area contributed by atoms with Crippen LogP contribution in [0.4, 0.5) is 4.79 Å². The van der Waals surface area contributed by atoms with Gasteiger partial charge in [-0.25, -0.2) is 4.79 Å². The Labute approximate surface area is 284 Å². The molecular formula is C38H62N4O5. The van der Waals surface area contributed by atoms with Crippen molar-refractivity contribution in [2.24, 2.45) is 11.8 Å². The molecule has 1 aliphatic carbocycles. The highest BCUT2D eigenvalue weighted by molar-refractivity contribution is 6.06. The van der Waals surface area contributed by atoms with Gasteiger partial charge in [0.15, 0.2) is 0 Å². The van der Waals surface area contributed by atoms with E-state index in [1.807, 2.05) is 32.0 Å². The highest BCUT2D eigenvalue weighted by Crippen LogP contribution is 2.28. The summed E-state index contributed by atoms with van der Waals surface area (Å²) in [5.74, 6) is -0.0630. The van der Waals surface area contributed by atoms with Crippen LogP contribution >= 0.6 is 0 Å². The Bertz CT molecular complexity index is 1180. The maximum Gasteiger partial charge on any atom is 0.412 e. The molecule has 1 unspecified atom stereocenters. The number of hydrogen-bond acceptors (Lipinski definition) is 5. The molecule has 0 heterocycles. The highest BCUT2D eigenvalue weighted by atomic mass is 16.6. The number of benzene rings is 1. The van der Waals surface area contributed by atoms with Gasteiger partial charge in [0, 0.05) is 19.0 Å². The molecule has 1 aromatic rings. The average Bonchev–Trinajstić information content (AvgIpc) is 3.02. The molecule has 9 nitrogen and oxygen atoms in total. The first-order valence-electron chi connectivity index (χ1n) is 17.6. The van der Waals surface area contributed by atoms with Crippen LogP contribution in [-0.4, -0.2) is 42.0 Å². The van der Waals surface area contributed by atoms with E-state index < -0.39 is 17.6 Å². The fourth-order valence-electron chi connectivity index (χ4n) is 5.32. The standard InChI is InChI=1S/C36H56N4O5.C2H6/c1-8-26(4)22-31(41)37-21-15-20-29(23-27-16-11-9-12-17-27)38-34(43)32(25(2)3)40-33(42)30(24-28-18-13-10-14-19-28)39-35(44)45-36(5,6)7;1-2/h10,13-14,18-19,24,26-27,29H,8-9,11-12,15-17,20-23H2,1-7H3,(H,37,41)(H,38,43)(H,39,44)(H,40,42);1-2H3/b30-24+;/t26?,29-;/m0./s1. The fourth-order valence-corrected chi connectivity index (χ4v) is 5.32. The third-order valence-corrected chi connectivity index (χ3v) is 7.92. The van der Waals surface area contributed by atoms with Gasteiger partial charge in [-0.3, -0.25) is 19.7 Å². The van der Waals surface area contributed by atoms with Crippen LogP contribution in [0.5, 0.6) is 0 Å². The van der Waals surface area contributed by atoms with Crippen LogP contribution in [0.3, 0.4) is 0 Å². The number of amides is 4. The molecule has 4 N–H and O–H groups in total. The Morgan fingerprint density at radius 3 is 2.17 bits per heavy atom. The van der Waals surface area contributed by atoms with Gasteiger partial charge in [0.05, 0.1) is 0 Å². The number of ether oxygens (including phenoxy) is 1. The molecule has 47 heavy (non-hydrogen) atoms. The highest BCUT2D eigenvalue weighted by Gasteiger charge is 2.25. The minimum atomic E-state index is -0.771. The van der Waals surface area contributed by atoms with Crippen molar-refractivity contribution in [3.05, 3.63) is 52.9 Å². The van der Waals surface area contributed by atoms with Crippen LogP contribution in [0.1, 0.15) is 132 Å². The lowest BCUT2D eigenvalue weighted by Gasteiger charge is -2.28. The number of rotatable bonds is 15. The van der Waals surface area contributed by atoms with Crippen molar-refractivity contribution in [1.82, 2.24) is 21.3 Å². The summed E-state index contributed by atoms with van der Waals surface area (Å²) in [6, 6.07) is 9.02. The van der Waals surface area contributed by atoms with E-state index in [1.54, 1.807) is 52.8 Å². The molecular weight excluding hydrogens is 592 g/mol. The van der Waals surface area contributed by atoms with Gasteiger partial charge in [-0.1, -0.05) is 96.6 Å². The van der Waals surface area contributed by atoms with Crippen molar-refractivity contribution in [3.8, 4) is 0 Å². The molecule has 1 aliphatic rings. The monoisotopic (exact) mass is 654 g/mol. The van der Waals surface area contributed by atoms with E-state index >= 15 is 0 Å². The molecule has 0 spiro atoms. The summed E-state index contributed by atoms with van der Waals surface area (Å²) in [4.78, 5) is 52.1. The van der Waals surface area contributed by atoms with Gasteiger partial charge in [0.2, 0.25) is 5.91 Å². The van der Waals surface area contributed by atoms with E-state index in [9.17, 15) is 19.2 Å². The van der Waals surface area contributed by atoms with E-state index in [0.717, 1.165) is 38.5 Å². The predicted molar refractivity (Wildman–Crippen MR) is 191 cm³/mol. The van der Waals surface area contributed by atoms with Crippen LogP contribution in [0.25, 0.3) is 6.08 Å². The van der Waals surface area contributed by atoms with Crippen LogP contribution in [-0.2, 0) is 19.1 Å². The lowest BCUT2D eigenvalue weighted by Crippen LogP contribution is -2.44.